The van der Waals surface area contributed by atoms with Gasteiger partial charge in [0.2, 0.25) is 0 Å². The van der Waals surface area contributed by atoms with Crippen LogP contribution < -0.4 is 0 Å². The molecule has 1 heterocycles. The van der Waals surface area contributed by atoms with Crippen molar-refractivity contribution in [3.05, 3.63) is 65.0 Å². The lowest BCUT2D eigenvalue weighted by molar-refractivity contribution is 1.02. The van der Waals surface area contributed by atoms with E-state index >= 15 is 0 Å². The molecule has 0 aliphatic carbocycles. The number of aromatic amines is 1. The number of rotatable bonds is 2. The SMILES string of the molecule is Cc1ccc(C)c(Cc2nc3ccccc3[nH]2)c1. The van der Waals surface area contributed by atoms with E-state index in [1.807, 2.05) is 18.2 Å². The second-order valence-electron chi connectivity index (χ2n) is 4.81. The summed E-state index contributed by atoms with van der Waals surface area (Å²) in [5.41, 5.74) is 6.11. The third-order valence-electron chi connectivity index (χ3n) is 3.30. The number of hydrogen-bond acceptors (Lipinski definition) is 1. The van der Waals surface area contributed by atoms with Gasteiger partial charge in [0.1, 0.15) is 5.82 Å². The highest BCUT2D eigenvalue weighted by atomic mass is 14.9. The summed E-state index contributed by atoms with van der Waals surface area (Å²) in [6.07, 6.45) is 0.863. The van der Waals surface area contributed by atoms with Crippen LogP contribution in [-0.4, -0.2) is 9.97 Å². The molecule has 0 atom stereocenters. The zero-order valence-corrected chi connectivity index (χ0v) is 10.7. The molecule has 0 unspecified atom stereocenters. The van der Waals surface area contributed by atoms with E-state index in [1.54, 1.807) is 0 Å². The molecule has 0 fully saturated rings. The van der Waals surface area contributed by atoms with Gasteiger partial charge in [-0.15, -0.1) is 0 Å². The number of H-pyrrole nitrogens is 1. The molecule has 0 aliphatic heterocycles. The van der Waals surface area contributed by atoms with Gasteiger partial charge in [-0.3, -0.25) is 0 Å². The molecule has 0 radical (unpaired) electrons. The highest BCUT2D eigenvalue weighted by molar-refractivity contribution is 5.74. The Kier molecular flexibility index (Phi) is 2.63. The Morgan fingerprint density at radius 1 is 1.06 bits per heavy atom. The minimum atomic E-state index is 0.863. The first-order valence-corrected chi connectivity index (χ1v) is 6.22. The van der Waals surface area contributed by atoms with E-state index < -0.39 is 0 Å². The molecule has 90 valence electrons. The van der Waals surface area contributed by atoms with Crippen LogP contribution in [-0.2, 0) is 6.42 Å². The van der Waals surface area contributed by atoms with Crippen molar-refractivity contribution in [2.45, 2.75) is 20.3 Å². The molecule has 0 bridgehead atoms. The van der Waals surface area contributed by atoms with Crippen molar-refractivity contribution in [3.63, 3.8) is 0 Å². The van der Waals surface area contributed by atoms with Crippen molar-refractivity contribution in [2.75, 3.05) is 0 Å². The monoisotopic (exact) mass is 236 g/mol. The number of fused-ring (bicyclic) bond motifs is 1. The van der Waals surface area contributed by atoms with E-state index in [0.29, 0.717) is 0 Å². The molecule has 2 aromatic carbocycles. The van der Waals surface area contributed by atoms with Crippen LogP contribution in [0.1, 0.15) is 22.5 Å². The number of hydrogen-bond donors (Lipinski definition) is 1. The number of aryl methyl sites for hydroxylation is 2. The maximum Gasteiger partial charge on any atom is 0.111 e. The predicted molar refractivity (Wildman–Crippen MR) is 74.8 cm³/mol. The third kappa shape index (κ3) is 2.02. The van der Waals surface area contributed by atoms with Crippen molar-refractivity contribution in [3.8, 4) is 0 Å². The van der Waals surface area contributed by atoms with E-state index in [9.17, 15) is 0 Å². The van der Waals surface area contributed by atoms with Crippen LogP contribution in [0.4, 0.5) is 0 Å². The van der Waals surface area contributed by atoms with Crippen LogP contribution in [0.2, 0.25) is 0 Å². The van der Waals surface area contributed by atoms with Gasteiger partial charge in [-0.25, -0.2) is 4.98 Å². The average Bonchev–Trinajstić information content (AvgIpc) is 2.76. The van der Waals surface area contributed by atoms with Gasteiger partial charge in [-0.2, -0.15) is 0 Å². The average molecular weight is 236 g/mol. The molecule has 0 saturated heterocycles. The van der Waals surface area contributed by atoms with Gasteiger partial charge in [-0.05, 0) is 37.1 Å². The zero-order chi connectivity index (χ0) is 12.5. The van der Waals surface area contributed by atoms with Crippen LogP contribution in [0.5, 0.6) is 0 Å². The smallest absolute Gasteiger partial charge is 0.111 e. The number of para-hydroxylation sites is 2. The van der Waals surface area contributed by atoms with Crippen LogP contribution in [0.15, 0.2) is 42.5 Å². The Morgan fingerprint density at radius 2 is 1.89 bits per heavy atom. The molecule has 1 N–H and O–H groups in total. The predicted octanol–water partition coefficient (Wildman–Crippen LogP) is 3.77. The van der Waals surface area contributed by atoms with Gasteiger partial charge in [0, 0.05) is 6.42 Å². The number of nitrogens with zero attached hydrogens (tertiary/aromatic N) is 1. The molecule has 3 rings (SSSR count). The van der Waals surface area contributed by atoms with E-state index in [1.165, 1.54) is 16.7 Å². The fraction of sp³-hybridized carbons (Fsp3) is 0.188. The molecular formula is C16H16N2. The second kappa shape index (κ2) is 4.30. The molecule has 0 saturated carbocycles. The number of benzene rings is 2. The lowest BCUT2D eigenvalue weighted by atomic mass is 10.0. The third-order valence-corrected chi connectivity index (χ3v) is 3.30. The molecule has 0 amide bonds. The number of aromatic nitrogens is 2. The first-order valence-electron chi connectivity index (χ1n) is 6.22. The molecule has 2 heteroatoms. The fourth-order valence-corrected chi connectivity index (χ4v) is 2.26. The molecular weight excluding hydrogens is 220 g/mol. The highest BCUT2D eigenvalue weighted by Gasteiger charge is 2.05. The van der Waals surface area contributed by atoms with Crippen LogP contribution in [0.25, 0.3) is 11.0 Å². The van der Waals surface area contributed by atoms with Gasteiger partial charge >= 0.3 is 0 Å². The Balaban J connectivity index is 1.98. The maximum absolute atomic E-state index is 4.62. The first kappa shape index (κ1) is 11.0. The topological polar surface area (TPSA) is 28.7 Å². The van der Waals surface area contributed by atoms with E-state index in [-0.39, 0.29) is 0 Å². The van der Waals surface area contributed by atoms with Crippen molar-refractivity contribution in [1.29, 1.82) is 0 Å². The van der Waals surface area contributed by atoms with Crippen LogP contribution >= 0.6 is 0 Å². The zero-order valence-electron chi connectivity index (χ0n) is 10.7. The highest BCUT2D eigenvalue weighted by Crippen LogP contribution is 2.17. The summed E-state index contributed by atoms with van der Waals surface area (Å²) in [6, 6.07) is 14.7. The van der Waals surface area contributed by atoms with Crippen LogP contribution in [0, 0.1) is 13.8 Å². The summed E-state index contributed by atoms with van der Waals surface area (Å²) in [6.45, 7) is 4.28. The summed E-state index contributed by atoms with van der Waals surface area (Å²) in [5.74, 6) is 1.03. The minimum Gasteiger partial charge on any atom is -0.342 e. The molecule has 2 nitrogen and oxygen atoms in total. The van der Waals surface area contributed by atoms with Crippen LogP contribution in [0.3, 0.4) is 0 Å². The summed E-state index contributed by atoms with van der Waals surface area (Å²) in [5, 5.41) is 0. The Hall–Kier alpha value is -2.09. The fourth-order valence-electron chi connectivity index (χ4n) is 2.26. The maximum atomic E-state index is 4.62. The van der Waals surface area contributed by atoms with Gasteiger partial charge in [0.25, 0.3) is 0 Å². The van der Waals surface area contributed by atoms with Gasteiger partial charge in [-0.1, -0.05) is 35.9 Å². The Morgan fingerprint density at radius 3 is 2.72 bits per heavy atom. The molecule has 0 aliphatic rings. The second-order valence-corrected chi connectivity index (χ2v) is 4.81. The van der Waals surface area contributed by atoms with Gasteiger partial charge < -0.3 is 4.98 Å². The van der Waals surface area contributed by atoms with Crippen molar-refractivity contribution in [2.24, 2.45) is 0 Å². The first-order chi connectivity index (χ1) is 8.72. The van der Waals surface area contributed by atoms with Crippen molar-refractivity contribution < 1.29 is 0 Å². The lowest BCUT2D eigenvalue weighted by Gasteiger charge is -2.04. The Bertz CT molecular complexity index is 662. The number of imidazole rings is 1. The lowest BCUT2D eigenvalue weighted by Crippen LogP contribution is -1.94. The summed E-state index contributed by atoms with van der Waals surface area (Å²) < 4.78 is 0. The van der Waals surface area contributed by atoms with E-state index in [0.717, 1.165) is 23.3 Å². The molecule has 3 aromatic rings. The van der Waals surface area contributed by atoms with Crippen molar-refractivity contribution >= 4 is 11.0 Å². The number of nitrogens with one attached hydrogen (secondary N) is 1. The van der Waals surface area contributed by atoms with Gasteiger partial charge in [0.05, 0.1) is 11.0 Å². The quantitative estimate of drug-likeness (QED) is 0.721. The molecule has 0 spiro atoms. The standard InChI is InChI=1S/C16H16N2/c1-11-7-8-12(2)13(9-11)10-16-17-14-5-3-4-6-15(14)18-16/h3-9H,10H2,1-2H3,(H,17,18). The summed E-state index contributed by atoms with van der Waals surface area (Å²) in [4.78, 5) is 8.00. The Labute approximate surface area is 107 Å². The molecule has 1 aromatic heterocycles. The van der Waals surface area contributed by atoms with Gasteiger partial charge in [0.15, 0.2) is 0 Å². The van der Waals surface area contributed by atoms with Crippen molar-refractivity contribution in [1.82, 2.24) is 9.97 Å². The minimum absolute atomic E-state index is 0.863. The molecule has 18 heavy (non-hydrogen) atoms. The van der Waals surface area contributed by atoms with E-state index in [2.05, 4.69) is 48.1 Å². The normalized spacial score (nSPS) is 11.0. The summed E-state index contributed by atoms with van der Waals surface area (Å²) >= 11 is 0. The van der Waals surface area contributed by atoms with E-state index in [4.69, 9.17) is 0 Å². The summed E-state index contributed by atoms with van der Waals surface area (Å²) in [7, 11) is 0. The largest absolute Gasteiger partial charge is 0.342 e.